The number of quaternary nitrogens is 1. The first kappa shape index (κ1) is 15.8. The molecule has 1 atom stereocenters. The van der Waals surface area contributed by atoms with Crippen molar-refractivity contribution in [3.05, 3.63) is 60.8 Å². The molecule has 0 saturated heterocycles. The van der Waals surface area contributed by atoms with Gasteiger partial charge in [0.1, 0.15) is 5.69 Å². The van der Waals surface area contributed by atoms with Gasteiger partial charge in [-0.1, -0.05) is 55.8 Å². The summed E-state index contributed by atoms with van der Waals surface area (Å²) in [6, 6.07) is 19.0. The van der Waals surface area contributed by atoms with Crippen LogP contribution in [0.25, 0.3) is 16.9 Å². The number of unbranched alkanes of at least 4 members (excludes halogenated alkanes) is 1. The lowest BCUT2D eigenvalue weighted by molar-refractivity contribution is -0.762. The minimum absolute atomic E-state index is 0. The zero-order valence-corrected chi connectivity index (χ0v) is 13.9. The van der Waals surface area contributed by atoms with Gasteiger partial charge in [0.2, 0.25) is 0 Å². The number of hydrogen-bond acceptors (Lipinski definition) is 1. The molecule has 2 aromatic carbocycles. The van der Waals surface area contributed by atoms with Crippen LogP contribution in [0, 0.1) is 0 Å². The highest BCUT2D eigenvalue weighted by atomic mass is 35.5. The van der Waals surface area contributed by atoms with E-state index in [1.54, 1.807) is 0 Å². The molecule has 118 valence electrons. The number of nitrogens with zero attached hydrogens (tertiary/aromatic N) is 2. The molecule has 0 amide bonds. The molecule has 4 rings (SSSR count). The van der Waals surface area contributed by atoms with Gasteiger partial charge in [-0.15, -0.1) is 0 Å². The Kier molecular flexibility index (Phi) is 4.51. The van der Waals surface area contributed by atoms with E-state index < -0.39 is 0 Å². The number of rotatable bonds is 4. The molecule has 0 fully saturated rings. The number of para-hydroxylation sites is 2. The molecule has 1 aliphatic rings. The van der Waals surface area contributed by atoms with Crippen LogP contribution in [0.3, 0.4) is 0 Å². The molecule has 1 N–H and O–H groups in total. The normalized spacial score (nSPS) is 14.9. The van der Waals surface area contributed by atoms with Gasteiger partial charge in [-0.05, 0) is 12.5 Å². The maximum atomic E-state index is 4.94. The fourth-order valence-corrected chi connectivity index (χ4v) is 3.18. The zero-order chi connectivity index (χ0) is 14.9. The molecule has 2 heterocycles. The lowest BCUT2D eigenvalue weighted by atomic mass is 10.2. The number of fused-ring (bicyclic) bond motifs is 3. The zero-order valence-electron chi connectivity index (χ0n) is 13.2. The van der Waals surface area contributed by atoms with Gasteiger partial charge in [0.15, 0.2) is 5.69 Å². The van der Waals surface area contributed by atoms with Gasteiger partial charge >= 0.3 is 5.95 Å². The summed E-state index contributed by atoms with van der Waals surface area (Å²) in [5.74, 6) is 1.12. The van der Waals surface area contributed by atoms with Gasteiger partial charge < -0.3 is 12.4 Å². The predicted molar refractivity (Wildman–Crippen MR) is 89.1 cm³/mol. The van der Waals surface area contributed by atoms with Crippen LogP contribution < -0.4 is 17.3 Å². The van der Waals surface area contributed by atoms with Crippen molar-refractivity contribution in [1.82, 2.24) is 9.55 Å². The van der Waals surface area contributed by atoms with Gasteiger partial charge in [-0.2, -0.15) is 4.98 Å². The molecule has 1 unspecified atom stereocenters. The van der Waals surface area contributed by atoms with Crippen LogP contribution in [-0.2, 0) is 0 Å². The highest BCUT2D eigenvalue weighted by Crippen LogP contribution is 2.30. The summed E-state index contributed by atoms with van der Waals surface area (Å²) < 4.78 is 2.25. The van der Waals surface area contributed by atoms with Crippen molar-refractivity contribution < 1.29 is 17.3 Å². The van der Waals surface area contributed by atoms with Crippen molar-refractivity contribution in [2.75, 3.05) is 6.54 Å². The van der Waals surface area contributed by atoms with Crippen LogP contribution in [0.4, 0.5) is 11.6 Å². The largest absolute Gasteiger partial charge is 1.00 e. The lowest BCUT2D eigenvalue weighted by Gasteiger charge is -2.10. The summed E-state index contributed by atoms with van der Waals surface area (Å²) >= 11 is 0. The van der Waals surface area contributed by atoms with Gasteiger partial charge in [0, 0.05) is 17.8 Å². The number of benzene rings is 2. The molecule has 3 aromatic rings. The van der Waals surface area contributed by atoms with Crippen molar-refractivity contribution in [2.24, 2.45) is 0 Å². The maximum absolute atomic E-state index is 4.94. The van der Waals surface area contributed by atoms with E-state index in [0.29, 0.717) is 0 Å². The minimum atomic E-state index is 0. The van der Waals surface area contributed by atoms with E-state index in [9.17, 15) is 0 Å². The van der Waals surface area contributed by atoms with Crippen LogP contribution in [0.2, 0.25) is 0 Å². The first-order valence-corrected chi connectivity index (χ1v) is 7.99. The fourth-order valence-electron chi connectivity index (χ4n) is 3.18. The number of hydrogen-bond donors (Lipinski definition) is 1. The Morgan fingerprint density at radius 3 is 2.52 bits per heavy atom. The third-order valence-electron chi connectivity index (χ3n) is 4.31. The number of nitrogens with one attached hydrogen (secondary N) is 1. The second-order valence-electron chi connectivity index (χ2n) is 5.79. The lowest BCUT2D eigenvalue weighted by Crippen LogP contribution is -3.01. The van der Waals surface area contributed by atoms with Crippen LogP contribution in [0.1, 0.15) is 19.8 Å². The fraction of sp³-hybridized carbons (Fsp3) is 0.211. The molecule has 0 spiro atoms. The third kappa shape index (κ3) is 2.67. The molecule has 23 heavy (non-hydrogen) atoms. The monoisotopic (exact) mass is 325 g/mol. The quantitative estimate of drug-likeness (QED) is 0.742. The highest BCUT2D eigenvalue weighted by Gasteiger charge is 2.33. The predicted octanol–water partition coefficient (Wildman–Crippen LogP) is 0.505. The first-order valence-electron chi connectivity index (χ1n) is 7.99. The third-order valence-corrected chi connectivity index (χ3v) is 4.31. The van der Waals surface area contributed by atoms with Crippen LogP contribution in [-0.4, -0.2) is 16.1 Å². The molecule has 4 heteroatoms. The summed E-state index contributed by atoms with van der Waals surface area (Å²) in [5, 5.41) is 0. The van der Waals surface area contributed by atoms with E-state index in [0.717, 1.165) is 18.2 Å². The summed E-state index contributed by atoms with van der Waals surface area (Å²) in [5.41, 5.74) is 4.84. The van der Waals surface area contributed by atoms with Crippen molar-refractivity contribution >= 4 is 11.6 Å². The molecule has 0 radical (unpaired) electrons. The molecule has 1 aliphatic heterocycles. The first-order chi connectivity index (χ1) is 10.9. The molecule has 0 aliphatic carbocycles. The molecule has 1 aromatic heterocycles. The SMILES string of the molecule is CCCC[NH+]1c2ccccc2-n2cc(-c3ccccc3)nc21.[Cl-]. The average Bonchev–Trinajstić information content (AvgIpc) is 3.12. The van der Waals surface area contributed by atoms with Crippen molar-refractivity contribution in [2.45, 2.75) is 19.8 Å². The van der Waals surface area contributed by atoms with E-state index in [4.69, 9.17) is 4.98 Å². The number of aromatic nitrogens is 2. The molecular formula is C19H20ClN3. The van der Waals surface area contributed by atoms with E-state index in [2.05, 4.69) is 66.2 Å². The van der Waals surface area contributed by atoms with E-state index in [1.807, 2.05) is 6.07 Å². The van der Waals surface area contributed by atoms with Gasteiger partial charge in [-0.3, -0.25) is 0 Å². The maximum Gasteiger partial charge on any atom is 0.318 e. The second-order valence-corrected chi connectivity index (χ2v) is 5.79. The highest BCUT2D eigenvalue weighted by molar-refractivity contribution is 5.65. The van der Waals surface area contributed by atoms with Crippen LogP contribution in [0.5, 0.6) is 0 Å². The second kappa shape index (κ2) is 6.57. The van der Waals surface area contributed by atoms with Crippen molar-refractivity contribution in [1.29, 1.82) is 0 Å². The van der Waals surface area contributed by atoms with Gasteiger partial charge in [-0.25, -0.2) is 9.47 Å². The molecule has 0 bridgehead atoms. The summed E-state index contributed by atoms with van der Waals surface area (Å²) in [4.78, 5) is 6.32. The number of halogens is 1. The summed E-state index contributed by atoms with van der Waals surface area (Å²) in [7, 11) is 0. The summed E-state index contributed by atoms with van der Waals surface area (Å²) in [6.45, 7) is 3.34. The van der Waals surface area contributed by atoms with Crippen molar-refractivity contribution in [3.8, 4) is 16.9 Å². The smallest absolute Gasteiger partial charge is 0.318 e. The number of imidazole rings is 1. The van der Waals surface area contributed by atoms with E-state index in [1.165, 1.54) is 34.7 Å². The van der Waals surface area contributed by atoms with Crippen LogP contribution in [0.15, 0.2) is 60.8 Å². The Bertz CT molecular complexity index is 795. The standard InChI is InChI=1S/C19H19N3.ClH/c1-2-3-13-21-17-11-7-8-12-18(17)22-14-16(20-19(21)22)15-9-5-4-6-10-15;/h4-12,14H,2-3,13H2,1H3;1H. The molecule has 3 nitrogen and oxygen atoms in total. The van der Waals surface area contributed by atoms with E-state index in [-0.39, 0.29) is 12.4 Å². The Labute approximate surface area is 143 Å². The minimum Gasteiger partial charge on any atom is -1.00 e. The van der Waals surface area contributed by atoms with Gasteiger partial charge in [0.25, 0.3) is 0 Å². The Morgan fingerprint density at radius 2 is 1.74 bits per heavy atom. The summed E-state index contributed by atoms with van der Waals surface area (Å²) in [6.07, 6.45) is 4.58. The topological polar surface area (TPSA) is 22.3 Å². The Balaban J connectivity index is 0.00000156. The average molecular weight is 326 g/mol. The van der Waals surface area contributed by atoms with Gasteiger partial charge in [0.05, 0.1) is 12.2 Å². The van der Waals surface area contributed by atoms with Crippen LogP contribution >= 0.6 is 0 Å². The Hall–Kier alpha value is -2.10. The Morgan fingerprint density at radius 1 is 1.00 bits per heavy atom. The van der Waals surface area contributed by atoms with Crippen molar-refractivity contribution in [3.63, 3.8) is 0 Å². The molecule has 0 saturated carbocycles. The molecular weight excluding hydrogens is 306 g/mol. The van der Waals surface area contributed by atoms with E-state index >= 15 is 0 Å².